The zero-order valence-electron chi connectivity index (χ0n) is 18.4. The molecule has 2 amide bonds. The molecule has 2 unspecified atom stereocenters. The van der Waals surface area contributed by atoms with E-state index in [2.05, 4.69) is 9.97 Å². The second kappa shape index (κ2) is 10.6. The second-order valence-corrected chi connectivity index (χ2v) is 8.37. The van der Waals surface area contributed by atoms with Crippen molar-refractivity contribution in [2.75, 3.05) is 13.1 Å². The summed E-state index contributed by atoms with van der Waals surface area (Å²) >= 11 is 0. The van der Waals surface area contributed by atoms with Crippen molar-refractivity contribution < 1.29 is 36.6 Å². The van der Waals surface area contributed by atoms with Crippen molar-refractivity contribution in [3.63, 3.8) is 0 Å². The van der Waals surface area contributed by atoms with Gasteiger partial charge in [0.1, 0.15) is 5.82 Å². The zero-order chi connectivity index (χ0) is 24.6. The number of aromatic nitrogens is 2. The largest absolute Gasteiger partial charge is 0.433 e. The summed E-state index contributed by atoms with van der Waals surface area (Å²) in [6, 6.07) is -1.04. The highest BCUT2D eigenvalue weighted by Crippen LogP contribution is 2.34. The number of piperidine rings is 1. The van der Waals surface area contributed by atoms with Gasteiger partial charge in [-0.05, 0) is 12.8 Å². The third-order valence-corrected chi connectivity index (χ3v) is 5.74. The minimum atomic E-state index is -4.64. The lowest BCUT2D eigenvalue weighted by molar-refractivity contribution is -0.205. The van der Waals surface area contributed by atoms with Gasteiger partial charge in [0.2, 0.25) is 11.8 Å². The number of carbonyl (C=O) groups excluding carboxylic acids is 2. The smallest absolute Gasteiger partial charge is 0.368 e. The molecule has 1 saturated heterocycles. The van der Waals surface area contributed by atoms with E-state index in [0.29, 0.717) is 11.3 Å². The number of likely N-dealkylation sites (tertiary alicyclic amines) is 1. The number of hydrogen-bond acceptors (Lipinski definition) is 6. The van der Waals surface area contributed by atoms with Gasteiger partial charge < -0.3 is 20.6 Å². The molecule has 1 aromatic heterocycles. The van der Waals surface area contributed by atoms with Gasteiger partial charge in [0, 0.05) is 50.4 Å². The van der Waals surface area contributed by atoms with Gasteiger partial charge in [0.15, 0.2) is 11.9 Å². The molecule has 8 nitrogen and oxygen atoms in total. The van der Waals surface area contributed by atoms with Gasteiger partial charge in [0.25, 0.3) is 5.92 Å². The van der Waals surface area contributed by atoms with Crippen LogP contribution in [0.25, 0.3) is 0 Å². The van der Waals surface area contributed by atoms with Crippen molar-refractivity contribution in [3.8, 4) is 0 Å². The first-order valence-corrected chi connectivity index (χ1v) is 10.7. The molecule has 3 N–H and O–H groups in total. The highest BCUT2D eigenvalue weighted by molar-refractivity contribution is 5.85. The van der Waals surface area contributed by atoms with Gasteiger partial charge in [-0.15, -0.1) is 12.4 Å². The molecule has 1 fully saturated rings. The number of aliphatic hydroxyl groups excluding tert-OH is 1. The summed E-state index contributed by atoms with van der Waals surface area (Å²) in [5.41, 5.74) is 4.98. The molecule has 2 atom stereocenters. The summed E-state index contributed by atoms with van der Waals surface area (Å²) in [6.45, 7) is 1.16. The van der Waals surface area contributed by atoms with Crippen LogP contribution >= 0.6 is 12.4 Å². The van der Waals surface area contributed by atoms with Gasteiger partial charge in [-0.25, -0.2) is 18.7 Å². The standard InChI is InChI=1S/C20H26F5N5O3.ClH/c1-2-3-14-27-13-10-29(7-5-12(13)17(28-14)20(23,24)25)16(32)8-11(26)9-30-15(31)4-6-19(21,22)18(30)33;/h11,18,33H,2-10,26H2,1H3;1H. The molecule has 1 aromatic rings. The summed E-state index contributed by atoms with van der Waals surface area (Å²) < 4.78 is 67.8. The van der Waals surface area contributed by atoms with Gasteiger partial charge in [0.05, 0.1) is 12.2 Å². The number of nitrogens with two attached hydrogens (primary N) is 1. The van der Waals surface area contributed by atoms with Crippen molar-refractivity contribution in [1.82, 2.24) is 19.8 Å². The van der Waals surface area contributed by atoms with Gasteiger partial charge >= 0.3 is 6.18 Å². The van der Waals surface area contributed by atoms with Crippen molar-refractivity contribution in [3.05, 3.63) is 22.8 Å². The average Bonchev–Trinajstić information content (AvgIpc) is 2.73. The molecule has 2 aliphatic rings. The zero-order valence-corrected chi connectivity index (χ0v) is 19.3. The van der Waals surface area contributed by atoms with Gasteiger partial charge in [-0.2, -0.15) is 13.2 Å². The molecular formula is C20H27ClF5N5O3. The third-order valence-electron chi connectivity index (χ3n) is 5.74. The third kappa shape index (κ3) is 6.11. The average molecular weight is 516 g/mol. The van der Waals surface area contributed by atoms with E-state index in [1.54, 1.807) is 6.92 Å². The van der Waals surface area contributed by atoms with Crippen LogP contribution < -0.4 is 5.73 Å². The Morgan fingerprint density at radius 2 is 1.97 bits per heavy atom. The van der Waals surface area contributed by atoms with Crippen molar-refractivity contribution in [1.29, 1.82) is 0 Å². The van der Waals surface area contributed by atoms with E-state index in [4.69, 9.17) is 5.73 Å². The SMILES string of the molecule is CCCc1nc2c(c(C(F)(F)F)n1)CCN(C(=O)CC(N)CN1C(=O)CCC(F)(F)C1O)C2.Cl. The number of rotatable bonds is 6. The summed E-state index contributed by atoms with van der Waals surface area (Å²) in [4.78, 5) is 34.4. The Bertz CT molecular complexity index is 917. The fourth-order valence-corrected chi connectivity index (χ4v) is 4.05. The number of carbonyl (C=O) groups is 2. The number of aliphatic hydroxyl groups is 1. The number of hydrogen-bond donors (Lipinski definition) is 2. The number of amides is 2. The molecular weight excluding hydrogens is 489 g/mol. The first-order valence-electron chi connectivity index (χ1n) is 10.7. The molecule has 0 saturated carbocycles. The predicted molar refractivity (Wildman–Crippen MR) is 112 cm³/mol. The Kier molecular flexibility index (Phi) is 8.81. The maximum atomic E-state index is 13.7. The number of halogens is 6. The van der Waals surface area contributed by atoms with Gasteiger partial charge in [-0.1, -0.05) is 6.92 Å². The van der Waals surface area contributed by atoms with Crippen LogP contribution in [0.3, 0.4) is 0 Å². The van der Waals surface area contributed by atoms with Crippen LogP contribution in [0.15, 0.2) is 0 Å². The first kappa shape index (κ1) is 28.1. The molecule has 3 heterocycles. The Morgan fingerprint density at radius 3 is 2.59 bits per heavy atom. The van der Waals surface area contributed by atoms with Crippen molar-refractivity contribution in [2.45, 2.75) is 76.4 Å². The van der Waals surface area contributed by atoms with Crippen LogP contribution in [-0.4, -0.2) is 68.0 Å². The quantitative estimate of drug-likeness (QED) is 0.561. The van der Waals surface area contributed by atoms with Crippen molar-refractivity contribution in [2.24, 2.45) is 5.73 Å². The van der Waals surface area contributed by atoms with Crippen LogP contribution in [0.5, 0.6) is 0 Å². The summed E-state index contributed by atoms with van der Waals surface area (Å²) in [7, 11) is 0. The van der Waals surface area contributed by atoms with E-state index >= 15 is 0 Å². The Balaban J connectivity index is 0.00000408. The number of alkyl halides is 5. The van der Waals surface area contributed by atoms with E-state index in [1.807, 2.05) is 0 Å². The topological polar surface area (TPSA) is 113 Å². The number of nitrogens with zero attached hydrogens (tertiary/aromatic N) is 4. The summed E-state index contributed by atoms with van der Waals surface area (Å²) in [5, 5.41) is 9.77. The van der Waals surface area contributed by atoms with E-state index in [-0.39, 0.29) is 61.8 Å². The Labute approximate surface area is 199 Å². The molecule has 0 bridgehead atoms. The Morgan fingerprint density at radius 1 is 1.29 bits per heavy atom. The maximum absolute atomic E-state index is 13.7. The minimum absolute atomic E-state index is 0. The van der Waals surface area contributed by atoms with E-state index < -0.39 is 61.3 Å². The maximum Gasteiger partial charge on any atom is 0.433 e. The second-order valence-electron chi connectivity index (χ2n) is 8.37. The Hall–Kier alpha value is -2.12. The normalized spacial score (nSPS) is 21.1. The lowest BCUT2D eigenvalue weighted by Gasteiger charge is -2.38. The molecule has 0 aromatic carbocycles. The van der Waals surface area contributed by atoms with E-state index in [0.717, 1.165) is 0 Å². The van der Waals surface area contributed by atoms with Crippen LogP contribution in [0.4, 0.5) is 22.0 Å². The molecule has 3 rings (SSSR count). The summed E-state index contributed by atoms with van der Waals surface area (Å²) in [6.07, 6.45) is -7.81. The van der Waals surface area contributed by atoms with Gasteiger partial charge in [-0.3, -0.25) is 9.59 Å². The van der Waals surface area contributed by atoms with E-state index in [1.165, 1.54) is 4.90 Å². The van der Waals surface area contributed by atoms with Crippen LogP contribution in [-0.2, 0) is 35.2 Å². The number of fused-ring (bicyclic) bond motifs is 1. The van der Waals surface area contributed by atoms with Crippen LogP contribution in [0.2, 0.25) is 0 Å². The molecule has 34 heavy (non-hydrogen) atoms. The first-order chi connectivity index (χ1) is 15.3. The highest BCUT2D eigenvalue weighted by atomic mass is 35.5. The fraction of sp³-hybridized carbons (Fsp3) is 0.700. The molecule has 0 radical (unpaired) electrons. The lowest BCUT2D eigenvalue weighted by Crippen LogP contribution is -2.58. The monoisotopic (exact) mass is 515 g/mol. The van der Waals surface area contributed by atoms with E-state index in [9.17, 15) is 36.6 Å². The molecule has 192 valence electrons. The highest BCUT2D eigenvalue weighted by Gasteiger charge is 2.48. The number of aryl methyl sites for hydroxylation is 1. The van der Waals surface area contributed by atoms with Crippen LogP contribution in [0.1, 0.15) is 55.4 Å². The van der Waals surface area contributed by atoms with Crippen LogP contribution in [0, 0.1) is 0 Å². The molecule has 2 aliphatic heterocycles. The minimum Gasteiger partial charge on any atom is -0.368 e. The predicted octanol–water partition coefficient (Wildman–Crippen LogP) is 2.05. The molecule has 0 aliphatic carbocycles. The van der Waals surface area contributed by atoms with Crippen molar-refractivity contribution >= 4 is 24.2 Å². The summed E-state index contributed by atoms with van der Waals surface area (Å²) in [5.74, 6) is -4.63. The molecule has 0 spiro atoms. The molecule has 14 heteroatoms. The lowest BCUT2D eigenvalue weighted by atomic mass is 10.0. The fourth-order valence-electron chi connectivity index (χ4n) is 4.05.